The Morgan fingerprint density at radius 1 is 1.53 bits per heavy atom. The lowest BCUT2D eigenvalue weighted by molar-refractivity contribution is -0.102. The number of hydrazine groups is 1. The van der Waals surface area contributed by atoms with Crippen molar-refractivity contribution in [3.8, 4) is 5.75 Å². The molecule has 0 aliphatic carbocycles. The molecule has 17 heavy (non-hydrogen) atoms. The largest absolute Gasteiger partial charge is 0.495 e. The topological polar surface area (TPSA) is 78.6 Å². The number of hydrogen-bond acceptors (Lipinski definition) is 6. The van der Waals surface area contributed by atoms with E-state index in [1.807, 2.05) is 6.07 Å². The zero-order chi connectivity index (χ0) is 12.1. The van der Waals surface area contributed by atoms with Crippen LogP contribution in [0.25, 0.3) is 0 Å². The van der Waals surface area contributed by atoms with Crippen molar-refractivity contribution < 1.29 is 14.2 Å². The van der Waals surface area contributed by atoms with Gasteiger partial charge in [-0.1, -0.05) is 0 Å². The Kier molecular flexibility index (Phi) is 4.27. The molecule has 0 bridgehead atoms. The van der Waals surface area contributed by atoms with Crippen molar-refractivity contribution in [2.45, 2.75) is 12.1 Å². The number of nitrogens with zero attached hydrogens (tertiary/aromatic N) is 1. The van der Waals surface area contributed by atoms with Gasteiger partial charge in [-0.05, 0) is 11.6 Å². The van der Waals surface area contributed by atoms with Gasteiger partial charge in [-0.25, -0.2) is 0 Å². The minimum absolute atomic E-state index is 0.109. The third-order valence-corrected chi connectivity index (χ3v) is 2.72. The SMILES string of the molecule is COc1cncc(C(NN)C2COCCO2)c1. The van der Waals surface area contributed by atoms with Gasteiger partial charge in [0.1, 0.15) is 11.9 Å². The first-order chi connectivity index (χ1) is 8.35. The fourth-order valence-corrected chi connectivity index (χ4v) is 1.83. The Bertz CT molecular complexity index is 356. The molecule has 1 aromatic rings. The lowest BCUT2D eigenvalue weighted by Gasteiger charge is -2.30. The molecule has 0 amide bonds. The summed E-state index contributed by atoms with van der Waals surface area (Å²) in [6, 6.07) is 1.73. The summed E-state index contributed by atoms with van der Waals surface area (Å²) in [5.74, 6) is 6.27. The fraction of sp³-hybridized carbons (Fsp3) is 0.545. The maximum atomic E-state index is 5.62. The van der Waals surface area contributed by atoms with Gasteiger partial charge in [-0.2, -0.15) is 0 Å². The zero-order valence-electron chi connectivity index (χ0n) is 9.76. The highest BCUT2D eigenvalue weighted by Crippen LogP contribution is 2.23. The Hall–Kier alpha value is -1.21. The summed E-state index contributed by atoms with van der Waals surface area (Å²) in [6.07, 6.45) is 3.28. The molecule has 1 aliphatic heterocycles. The average molecular weight is 239 g/mol. The van der Waals surface area contributed by atoms with Crippen LogP contribution in [0.4, 0.5) is 0 Å². The van der Waals surface area contributed by atoms with Crippen molar-refractivity contribution in [3.05, 3.63) is 24.0 Å². The number of aromatic nitrogens is 1. The molecule has 2 unspecified atom stereocenters. The van der Waals surface area contributed by atoms with E-state index >= 15 is 0 Å². The van der Waals surface area contributed by atoms with Gasteiger partial charge in [0, 0.05) is 6.20 Å². The van der Waals surface area contributed by atoms with E-state index in [-0.39, 0.29) is 12.1 Å². The monoisotopic (exact) mass is 239 g/mol. The van der Waals surface area contributed by atoms with E-state index in [1.165, 1.54) is 0 Å². The minimum atomic E-state index is -0.155. The van der Waals surface area contributed by atoms with Crippen LogP contribution in [-0.4, -0.2) is 38.0 Å². The summed E-state index contributed by atoms with van der Waals surface area (Å²) in [5, 5.41) is 0. The summed E-state index contributed by atoms with van der Waals surface area (Å²) in [5.41, 5.74) is 3.66. The van der Waals surface area contributed by atoms with E-state index in [1.54, 1.807) is 19.5 Å². The van der Waals surface area contributed by atoms with E-state index in [9.17, 15) is 0 Å². The van der Waals surface area contributed by atoms with Gasteiger partial charge in [0.2, 0.25) is 0 Å². The van der Waals surface area contributed by atoms with E-state index in [0.29, 0.717) is 25.6 Å². The predicted octanol–water partition coefficient (Wildman–Crippen LogP) is 0.01000. The first-order valence-corrected chi connectivity index (χ1v) is 5.49. The molecule has 0 radical (unpaired) electrons. The number of ether oxygens (including phenoxy) is 3. The van der Waals surface area contributed by atoms with Crippen LogP contribution >= 0.6 is 0 Å². The maximum absolute atomic E-state index is 5.62. The molecule has 3 N–H and O–H groups in total. The summed E-state index contributed by atoms with van der Waals surface area (Å²) in [4.78, 5) is 4.10. The second-order valence-corrected chi connectivity index (χ2v) is 3.79. The van der Waals surface area contributed by atoms with Crippen molar-refractivity contribution in [2.24, 2.45) is 5.84 Å². The normalized spacial score (nSPS) is 22.1. The van der Waals surface area contributed by atoms with Crippen LogP contribution in [0.2, 0.25) is 0 Å². The van der Waals surface area contributed by atoms with Crippen LogP contribution in [0.1, 0.15) is 11.6 Å². The molecule has 94 valence electrons. The molecule has 1 aromatic heterocycles. The molecule has 2 atom stereocenters. The lowest BCUT2D eigenvalue weighted by Crippen LogP contribution is -2.43. The summed E-state index contributed by atoms with van der Waals surface area (Å²) >= 11 is 0. The van der Waals surface area contributed by atoms with E-state index < -0.39 is 0 Å². The van der Waals surface area contributed by atoms with Crippen LogP contribution in [0.15, 0.2) is 18.5 Å². The number of methoxy groups -OCH3 is 1. The quantitative estimate of drug-likeness (QED) is 0.569. The van der Waals surface area contributed by atoms with Crippen LogP contribution in [0, 0.1) is 0 Å². The summed E-state index contributed by atoms with van der Waals surface area (Å²) in [6.45, 7) is 1.73. The highest BCUT2D eigenvalue weighted by Gasteiger charge is 2.26. The fourth-order valence-electron chi connectivity index (χ4n) is 1.83. The molecule has 1 fully saturated rings. The van der Waals surface area contributed by atoms with Crippen molar-refractivity contribution >= 4 is 0 Å². The van der Waals surface area contributed by atoms with Crippen LogP contribution < -0.4 is 16.0 Å². The molecular weight excluding hydrogens is 222 g/mol. The number of pyridine rings is 1. The Morgan fingerprint density at radius 3 is 3.06 bits per heavy atom. The molecule has 0 saturated carbocycles. The van der Waals surface area contributed by atoms with Gasteiger partial charge in [0.05, 0.1) is 39.2 Å². The van der Waals surface area contributed by atoms with E-state index in [2.05, 4.69) is 10.4 Å². The Labute approximate surface area is 100 Å². The second kappa shape index (κ2) is 5.92. The number of hydrogen-bond donors (Lipinski definition) is 2. The predicted molar refractivity (Wildman–Crippen MR) is 61.4 cm³/mol. The van der Waals surface area contributed by atoms with Crippen molar-refractivity contribution in [1.29, 1.82) is 0 Å². The molecule has 6 nitrogen and oxygen atoms in total. The molecule has 2 rings (SSSR count). The van der Waals surface area contributed by atoms with Crippen LogP contribution in [0.3, 0.4) is 0 Å². The molecule has 0 aromatic carbocycles. The smallest absolute Gasteiger partial charge is 0.137 e. The van der Waals surface area contributed by atoms with Crippen molar-refractivity contribution in [3.63, 3.8) is 0 Å². The maximum Gasteiger partial charge on any atom is 0.137 e. The lowest BCUT2D eigenvalue weighted by atomic mass is 10.0. The minimum Gasteiger partial charge on any atom is -0.495 e. The number of nitrogens with one attached hydrogen (secondary N) is 1. The van der Waals surface area contributed by atoms with Crippen LogP contribution in [0.5, 0.6) is 5.75 Å². The highest BCUT2D eigenvalue weighted by atomic mass is 16.6. The summed E-state index contributed by atoms with van der Waals surface area (Å²) in [7, 11) is 1.60. The van der Waals surface area contributed by atoms with Gasteiger partial charge in [-0.3, -0.25) is 16.3 Å². The highest BCUT2D eigenvalue weighted by molar-refractivity contribution is 5.26. The molecule has 1 aliphatic rings. The van der Waals surface area contributed by atoms with E-state index in [4.69, 9.17) is 20.1 Å². The first kappa shape index (κ1) is 12.3. The Morgan fingerprint density at radius 2 is 2.41 bits per heavy atom. The number of rotatable bonds is 4. The van der Waals surface area contributed by atoms with E-state index in [0.717, 1.165) is 5.56 Å². The van der Waals surface area contributed by atoms with Gasteiger partial charge in [0.25, 0.3) is 0 Å². The molecule has 6 heteroatoms. The average Bonchev–Trinajstić information content (AvgIpc) is 2.41. The third kappa shape index (κ3) is 2.92. The van der Waals surface area contributed by atoms with Gasteiger partial charge in [-0.15, -0.1) is 0 Å². The molecular formula is C11H17N3O3. The van der Waals surface area contributed by atoms with Gasteiger partial charge < -0.3 is 14.2 Å². The van der Waals surface area contributed by atoms with Gasteiger partial charge >= 0.3 is 0 Å². The second-order valence-electron chi connectivity index (χ2n) is 3.79. The van der Waals surface area contributed by atoms with Crippen molar-refractivity contribution in [1.82, 2.24) is 10.4 Å². The molecule has 1 saturated heterocycles. The van der Waals surface area contributed by atoms with Crippen molar-refractivity contribution in [2.75, 3.05) is 26.9 Å². The van der Waals surface area contributed by atoms with Gasteiger partial charge in [0.15, 0.2) is 0 Å². The zero-order valence-corrected chi connectivity index (χ0v) is 9.76. The first-order valence-electron chi connectivity index (χ1n) is 5.49. The van der Waals surface area contributed by atoms with Crippen LogP contribution in [-0.2, 0) is 9.47 Å². The Balaban J connectivity index is 2.15. The molecule has 0 spiro atoms. The number of nitrogens with two attached hydrogens (primary N) is 1. The standard InChI is InChI=1S/C11H17N3O3/c1-15-9-4-8(5-13-6-9)11(14-12)10-7-16-2-3-17-10/h4-6,10-11,14H,2-3,7,12H2,1H3. The third-order valence-electron chi connectivity index (χ3n) is 2.72. The summed E-state index contributed by atoms with van der Waals surface area (Å²) < 4.78 is 16.1. The molecule has 2 heterocycles.